The average Bonchev–Trinajstić information content (AvgIpc) is 2.38. The van der Waals surface area contributed by atoms with E-state index in [0.29, 0.717) is 6.04 Å². The first-order valence-corrected chi connectivity index (χ1v) is 7.58. The lowest BCUT2D eigenvalue weighted by molar-refractivity contribution is 0.126. The fourth-order valence-electron chi connectivity index (χ4n) is 2.51. The summed E-state index contributed by atoms with van der Waals surface area (Å²) in [6, 6.07) is 0.495. The topological polar surface area (TPSA) is 41.3 Å². The van der Waals surface area contributed by atoms with E-state index in [-0.39, 0.29) is 0 Å². The van der Waals surface area contributed by atoms with Gasteiger partial charge in [-0.1, -0.05) is 45.4 Å². The third-order valence-corrected chi connectivity index (χ3v) is 3.66. The first kappa shape index (κ1) is 14.9. The van der Waals surface area contributed by atoms with E-state index in [1.807, 2.05) is 0 Å². The quantitative estimate of drug-likeness (QED) is 0.610. The van der Waals surface area contributed by atoms with Gasteiger partial charge in [0.2, 0.25) is 0 Å². The number of hydrazine groups is 1. The van der Waals surface area contributed by atoms with Crippen molar-refractivity contribution in [3.63, 3.8) is 0 Å². The third kappa shape index (κ3) is 7.02. The summed E-state index contributed by atoms with van der Waals surface area (Å²) in [4.78, 5) is 0. The maximum atomic E-state index is 5.84. The number of nitrogens with zero attached hydrogens (tertiary/aromatic N) is 1. The van der Waals surface area contributed by atoms with Gasteiger partial charge in [0.15, 0.2) is 0 Å². The summed E-state index contributed by atoms with van der Waals surface area (Å²) in [5.74, 6) is 0. The van der Waals surface area contributed by atoms with Crippen LogP contribution >= 0.6 is 0 Å². The molecular formula is C14H31N3. The third-order valence-electron chi connectivity index (χ3n) is 3.66. The lowest BCUT2D eigenvalue weighted by Gasteiger charge is -2.31. The van der Waals surface area contributed by atoms with Gasteiger partial charge in [0.25, 0.3) is 0 Å². The van der Waals surface area contributed by atoms with Gasteiger partial charge in [-0.25, -0.2) is 5.01 Å². The Morgan fingerprint density at radius 2 is 1.76 bits per heavy atom. The van der Waals surface area contributed by atoms with Crippen LogP contribution in [0.3, 0.4) is 0 Å². The minimum Gasteiger partial charge on any atom is -0.329 e. The predicted molar refractivity (Wildman–Crippen MR) is 74.8 cm³/mol. The Morgan fingerprint density at radius 3 is 2.41 bits per heavy atom. The Bertz CT molecular complexity index is 167. The molecule has 0 spiro atoms. The highest BCUT2D eigenvalue weighted by Crippen LogP contribution is 2.10. The maximum absolute atomic E-state index is 5.84. The molecular weight excluding hydrogens is 210 g/mol. The summed E-state index contributed by atoms with van der Waals surface area (Å²) in [5.41, 5.74) is 9.45. The molecule has 1 atom stereocenters. The highest BCUT2D eigenvalue weighted by atomic mass is 15.5. The number of rotatable bonds is 9. The van der Waals surface area contributed by atoms with Crippen molar-refractivity contribution < 1.29 is 0 Å². The normalized spacial score (nSPS) is 19.4. The first-order chi connectivity index (χ1) is 8.36. The van der Waals surface area contributed by atoms with Crippen molar-refractivity contribution in [3.05, 3.63) is 0 Å². The molecule has 0 aliphatic carbocycles. The van der Waals surface area contributed by atoms with Gasteiger partial charge in [-0.3, -0.25) is 5.43 Å². The van der Waals surface area contributed by atoms with E-state index in [0.717, 1.165) is 6.54 Å². The lowest BCUT2D eigenvalue weighted by atomic mass is 10.1. The van der Waals surface area contributed by atoms with Gasteiger partial charge in [0.1, 0.15) is 0 Å². The molecule has 1 aliphatic rings. The first-order valence-electron chi connectivity index (χ1n) is 7.58. The molecule has 3 heteroatoms. The van der Waals surface area contributed by atoms with Crippen molar-refractivity contribution >= 4 is 0 Å². The lowest BCUT2D eigenvalue weighted by Crippen LogP contribution is -2.49. The molecule has 3 nitrogen and oxygen atoms in total. The molecule has 1 aliphatic heterocycles. The molecule has 0 aromatic rings. The molecule has 102 valence electrons. The molecule has 0 aromatic heterocycles. The van der Waals surface area contributed by atoms with Crippen LogP contribution in [0.15, 0.2) is 0 Å². The van der Waals surface area contributed by atoms with Gasteiger partial charge in [-0.05, 0) is 19.3 Å². The van der Waals surface area contributed by atoms with Gasteiger partial charge in [-0.15, -0.1) is 0 Å². The van der Waals surface area contributed by atoms with Crippen molar-refractivity contribution in [2.45, 2.75) is 70.8 Å². The number of hydrogen-bond acceptors (Lipinski definition) is 3. The molecule has 1 unspecified atom stereocenters. The van der Waals surface area contributed by atoms with E-state index < -0.39 is 0 Å². The van der Waals surface area contributed by atoms with Crippen LogP contribution in [0.5, 0.6) is 0 Å². The van der Waals surface area contributed by atoms with Crippen molar-refractivity contribution in [3.8, 4) is 0 Å². The van der Waals surface area contributed by atoms with Gasteiger partial charge in [0, 0.05) is 25.7 Å². The van der Waals surface area contributed by atoms with Gasteiger partial charge < -0.3 is 5.73 Å². The molecule has 0 aromatic carbocycles. The highest BCUT2D eigenvalue weighted by Gasteiger charge is 2.13. The van der Waals surface area contributed by atoms with Crippen LogP contribution in [0.25, 0.3) is 0 Å². The Balaban J connectivity index is 2.05. The van der Waals surface area contributed by atoms with Gasteiger partial charge >= 0.3 is 0 Å². The molecule has 17 heavy (non-hydrogen) atoms. The van der Waals surface area contributed by atoms with Crippen LogP contribution in [-0.4, -0.2) is 30.7 Å². The van der Waals surface area contributed by atoms with Crippen molar-refractivity contribution in [2.75, 3.05) is 19.6 Å². The van der Waals surface area contributed by atoms with E-state index in [9.17, 15) is 0 Å². The van der Waals surface area contributed by atoms with Crippen LogP contribution in [0.2, 0.25) is 0 Å². The largest absolute Gasteiger partial charge is 0.329 e. The summed E-state index contributed by atoms with van der Waals surface area (Å²) < 4.78 is 0. The Morgan fingerprint density at radius 1 is 1.06 bits per heavy atom. The summed E-state index contributed by atoms with van der Waals surface area (Å²) in [6.45, 7) is 5.43. The number of nitrogens with one attached hydrogen (secondary N) is 1. The summed E-state index contributed by atoms with van der Waals surface area (Å²) >= 11 is 0. The molecule has 0 radical (unpaired) electrons. The summed E-state index contributed by atoms with van der Waals surface area (Å²) in [6.07, 6.45) is 12.1. The van der Waals surface area contributed by atoms with Crippen LogP contribution in [0, 0.1) is 0 Å². The van der Waals surface area contributed by atoms with Crippen molar-refractivity contribution in [1.29, 1.82) is 0 Å². The van der Waals surface area contributed by atoms with Gasteiger partial charge in [0.05, 0.1) is 0 Å². The fourth-order valence-corrected chi connectivity index (χ4v) is 2.51. The van der Waals surface area contributed by atoms with Crippen LogP contribution in [-0.2, 0) is 0 Å². The minimum atomic E-state index is 0.495. The van der Waals surface area contributed by atoms with Crippen molar-refractivity contribution in [2.24, 2.45) is 5.73 Å². The molecule has 0 amide bonds. The smallest absolute Gasteiger partial charge is 0.0337 e. The zero-order valence-corrected chi connectivity index (χ0v) is 11.6. The second-order valence-corrected chi connectivity index (χ2v) is 5.31. The zero-order valence-electron chi connectivity index (χ0n) is 11.6. The Labute approximate surface area is 107 Å². The SMILES string of the molecule is CCCCCCCC(CN)NN1CCCCC1. The van der Waals surface area contributed by atoms with Gasteiger partial charge in [-0.2, -0.15) is 0 Å². The van der Waals surface area contributed by atoms with E-state index in [1.54, 1.807) is 0 Å². The zero-order chi connectivity index (χ0) is 12.3. The Hall–Kier alpha value is -0.120. The monoisotopic (exact) mass is 241 g/mol. The number of unbranched alkanes of at least 4 members (excludes halogenated alkanes) is 4. The van der Waals surface area contributed by atoms with Crippen LogP contribution in [0.1, 0.15) is 64.7 Å². The molecule has 0 bridgehead atoms. The summed E-state index contributed by atoms with van der Waals surface area (Å²) in [7, 11) is 0. The number of hydrogen-bond donors (Lipinski definition) is 2. The van der Waals surface area contributed by atoms with E-state index >= 15 is 0 Å². The standard InChI is InChI=1S/C14H31N3/c1-2-3-4-5-7-10-14(13-15)16-17-11-8-6-9-12-17/h14,16H,2-13,15H2,1H3. The summed E-state index contributed by atoms with van der Waals surface area (Å²) in [5, 5.41) is 2.38. The molecule has 1 fully saturated rings. The molecule has 1 rings (SSSR count). The van der Waals surface area contributed by atoms with Crippen molar-refractivity contribution in [1.82, 2.24) is 10.4 Å². The van der Waals surface area contributed by atoms with Crippen LogP contribution < -0.4 is 11.2 Å². The second kappa shape index (κ2) is 9.86. The fraction of sp³-hybridized carbons (Fsp3) is 1.00. The molecule has 0 saturated carbocycles. The Kier molecular flexibility index (Phi) is 8.67. The second-order valence-electron chi connectivity index (χ2n) is 5.31. The molecule has 1 saturated heterocycles. The van der Waals surface area contributed by atoms with Crippen LogP contribution in [0.4, 0.5) is 0 Å². The van der Waals surface area contributed by atoms with E-state index in [4.69, 9.17) is 5.73 Å². The minimum absolute atomic E-state index is 0.495. The molecule has 1 heterocycles. The maximum Gasteiger partial charge on any atom is 0.0337 e. The highest BCUT2D eigenvalue weighted by molar-refractivity contribution is 4.69. The average molecular weight is 241 g/mol. The predicted octanol–water partition coefficient (Wildman–Crippen LogP) is 2.66. The van der Waals surface area contributed by atoms with E-state index in [1.165, 1.54) is 70.9 Å². The molecule has 3 N–H and O–H groups in total. The number of nitrogens with two attached hydrogens (primary N) is 1. The van der Waals surface area contributed by atoms with E-state index in [2.05, 4.69) is 17.4 Å². The number of piperidine rings is 1.